The van der Waals surface area contributed by atoms with E-state index in [0.29, 0.717) is 12.2 Å². The quantitative estimate of drug-likeness (QED) is 0.827. The Labute approximate surface area is 89.7 Å². The van der Waals surface area contributed by atoms with Crippen LogP contribution in [0.15, 0.2) is 18.2 Å². The number of ether oxygens (including phenoxy) is 1. The highest BCUT2D eigenvalue weighted by Crippen LogP contribution is 2.29. The Morgan fingerprint density at radius 1 is 1.53 bits per heavy atom. The molecule has 0 amide bonds. The number of carbonyl (C=O) groups is 1. The van der Waals surface area contributed by atoms with Gasteiger partial charge in [-0.1, -0.05) is 24.6 Å². The summed E-state index contributed by atoms with van der Waals surface area (Å²) in [5.41, 5.74) is 1.80. The van der Waals surface area contributed by atoms with Crippen molar-refractivity contribution < 1.29 is 14.6 Å². The highest BCUT2D eigenvalue weighted by molar-refractivity contribution is 5.77. The van der Waals surface area contributed by atoms with Crippen molar-refractivity contribution in [2.45, 2.75) is 26.2 Å². The fourth-order valence-electron chi connectivity index (χ4n) is 1.65. The van der Waals surface area contributed by atoms with Crippen LogP contribution in [0.5, 0.6) is 5.75 Å². The summed E-state index contributed by atoms with van der Waals surface area (Å²) >= 11 is 0. The molecular formula is C12H16O3. The molecule has 1 aromatic rings. The smallest absolute Gasteiger partial charge is 0.311 e. The van der Waals surface area contributed by atoms with Crippen LogP contribution in [0, 0.1) is 6.92 Å². The number of hydrogen-bond acceptors (Lipinski definition) is 2. The summed E-state index contributed by atoms with van der Waals surface area (Å²) in [6, 6.07) is 5.61. The van der Waals surface area contributed by atoms with Crippen molar-refractivity contribution in [3.63, 3.8) is 0 Å². The minimum Gasteiger partial charge on any atom is -0.496 e. The fourth-order valence-corrected chi connectivity index (χ4v) is 1.65. The van der Waals surface area contributed by atoms with Gasteiger partial charge in [0.1, 0.15) is 5.75 Å². The molecule has 1 unspecified atom stereocenters. The van der Waals surface area contributed by atoms with Crippen LogP contribution in [-0.4, -0.2) is 18.2 Å². The first-order valence-corrected chi connectivity index (χ1v) is 4.97. The Bertz CT molecular complexity index is 358. The number of rotatable bonds is 4. The van der Waals surface area contributed by atoms with Crippen LogP contribution in [-0.2, 0) is 4.79 Å². The third-order valence-corrected chi connectivity index (χ3v) is 2.47. The van der Waals surface area contributed by atoms with Crippen molar-refractivity contribution in [1.82, 2.24) is 0 Å². The van der Waals surface area contributed by atoms with E-state index in [4.69, 9.17) is 9.84 Å². The molecular weight excluding hydrogens is 192 g/mol. The second kappa shape index (κ2) is 4.82. The number of carboxylic acid groups (broad SMARTS) is 1. The topological polar surface area (TPSA) is 46.5 Å². The summed E-state index contributed by atoms with van der Waals surface area (Å²) in [5.74, 6) is -0.642. The molecule has 82 valence electrons. The number of methoxy groups -OCH3 is 1. The van der Waals surface area contributed by atoms with Crippen LogP contribution in [0.2, 0.25) is 0 Å². The summed E-state index contributed by atoms with van der Waals surface area (Å²) in [4.78, 5) is 11.1. The molecule has 0 aliphatic rings. The number of benzene rings is 1. The number of carboxylic acids is 1. The summed E-state index contributed by atoms with van der Waals surface area (Å²) in [7, 11) is 1.56. The highest BCUT2D eigenvalue weighted by atomic mass is 16.5. The average Bonchev–Trinajstić information content (AvgIpc) is 2.18. The van der Waals surface area contributed by atoms with Gasteiger partial charge in [0, 0.05) is 5.56 Å². The predicted molar refractivity (Wildman–Crippen MR) is 58.4 cm³/mol. The van der Waals surface area contributed by atoms with E-state index in [0.717, 1.165) is 11.1 Å². The normalized spacial score (nSPS) is 12.2. The van der Waals surface area contributed by atoms with E-state index in [2.05, 4.69) is 0 Å². The van der Waals surface area contributed by atoms with Crippen LogP contribution in [0.3, 0.4) is 0 Å². The highest BCUT2D eigenvalue weighted by Gasteiger charge is 2.21. The molecule has 0 saturated heterocycles. The molecule has 0 aliphatic carbocycles. The molecule has 3 heteroatoms. The van der Waals surface area contributed by atoms with Crippen LogP contribution >= 0.6 is 0 Å². The van der Waals surface area contributed by atoms with Gasteiger partial charge < -0.3 is 9.84 Å². The molecule has 0 bridgehead atoms. The first kappa shape index (κ1) is 11.6. The zero-order valence-electron chi connectivity index (χ0n) is 9.28. The molecule has 1 aromatic carbocycles. The number of aliphatic carboxylic acids is 1. The first-order chi connectivity index (χ1) is 7.10. The Kier molecular flexibility index (Phi) is 3.72. The van der Waals surface area contributed by atoms with Gasteiger partial charge >= 0.3 is 5.97 Å². The van der Waals surface area contributed by atoms with Crippen LogP contribution in [0.4, 0.5) is 0 Å². The summed E-state index contributed by atoms with van der Waals surface area (Å²) < 4.78 is 5.17. The number of aryl methyl sites for hydroxylation is 1. The van der Waals surface area contributed by atoms with Gasteiger partial charge in [-0.3, -0.25) is 4.79 Å². The lowest BCUT2D eigenvalue weighted by Crippen LogP contribution is -2.11. The first-order valence-electron chi connectivity index (χ1n) is 4.97. The van der Waals surface area contributed by atoms with E-state index < -0.39 is 11.9 Å². The van der Waals surface area contributed by atoms with E-state index in [1.165, 1.54) is 0 Å². The zero-order chi connectivity index (χ0) is 11.4. The van der Waals surface area contributed by atoms with Gasteiger partial charge in [-0.15, -0.1) is 0 Å². The van der Waals surface area contributed by atoms with Gasteiger partial charge in [-0.25, -0.2) is 0 Å². The van der Waals surface area contributed by atoms with Crippen molar-refractivity contribution in [3.8, 4) is 5.75 Å². The third kappa shape index (κ3) is 2.49. The molecule has 0 aliphatic heterocycles. The van der Waals surface area contributed by atoms with E-state index in [-0.39, 0.29) is 0 Å². The second-order valence-corrected chi connectivity index (χ2v) is 3.54. The SMILES string of the molecule is CCC(C(=O)O)c1cc(C)ccc1OC. The van der Waals surface area contributed by atoms with E-state index in [9.17, 15) is 4.79 Å². The summed E-state index contributed by atoms with van der Waals surface area (Å²) in [5, 5.41) is 9.08. The monoisotopic (exact) mass is 208 g/mol. The largest absolute Gasteiger partial charge is 0.496 e. The van der Waals surface area contributed by atoms with Crippen LogP contribution in [0.1, 0.15) is 30.4 Å². The fraction of sp³-hybridized carbons (Fsp3) is 0.417. The van der Waals surface area contributed by atoms with Crippen molar-refractivity contribution in [3.05, 3.63) is 29.3 Å². The van der Waals surface area contributed by atoms with Gasteiger partial charge in [0.25, 0.3) is 0 Å². The van der Waals surface area contributed by atoms with Crippen molar-refractivity contribution >= 4 is 5.97 Å². The third-order valence-electron chi connectivity index (χ3n) is 2.47. The molecule has 1 atom stereocenters. The van der Waals surface area contributed by atoms with Crippen LogP contribution < -0.4 is 4.74 Å². The van der Waals surface area contributed by atoms with Crippen molar-refractivity contribution in [2.24, 2.45) is 0 Å². The summed E-state index contributed by atoms with van der Waals surface area (Å²) in [6.07, 6.45) is 0.565. The molecule has 0 spiro atoms. The molecule has 0 radical (unpaired) electrons. The predicted octanol–water partition coefficient (Wildman–Crippen LogP) is 2.58. The lowest BCUT2D eigenvalue weighted by atomic mass is 9.94. The lowest BCUT2D eigenvalue weighted by molar-refractivity contribution is -0.138. The molecule has 0 heterocycles. The Morgan fingerprint density at radius 2 is 2.20 bits per heavy atom. The lowest BCUT2D eigenvalue weighted by Gasteiger charge is -2.15. The minimum absolute atomic E-state index is 0.486. The Balaban J connectivity index is 3.19. The molecule has 15 heavy (non-hydrogen) atoms. The average molecular weight is 208 g/mol. The van der Waals surface area contributed by atoms with E-state index >= 15 is 0 Å². The molecule has 0 saturated carbocycles. The van der Waals surface area contributed by atoms with Crippen molar-refractivity contribution in [2.75, 3.05) is 7.11 Å². The number of hydrogen-bond donors (Lipinski definition) is 1. The van der Waals surface area contributed by atoms with Gasteiger partial charge in [0.15, 0.2) is 0 Å². The zero-order valence-corrected chi connectivity index (χ0v) is 9.28. The molecule has 1 N–H and O–H groups in total. The maximum Gasteiger partial charge on any atom is 0.311 e. The standard InChI is InChI=1S/C12H16O3/c1-4-9(12(13)14)10-7-8(2)5-6-11(10)15-3/h5-7,9H,4H2,1-3H3,(H,13,14). The molecule has 1 rings (SSSR count). The summed E-state index contributed by atoms with van der Waals surface area (Å²) in [6.45, 7) is 3.80. The van der Waals surface area contributed by atoms with E-state index in [1.807, 2.05) is 32.0 Å². The van der Waals surface area contributed by atoms with Gasteiger partial charge in [0.05, 0.1) is 13.0 Å². The van der Waals surface area contributed by atoms with Gasteiger partial charge in [-0.05, 0) is 19.4 Å². The van der Waals surface area contributed by atoms with Crippen molar-refractivity contribution in [1.29, 1.82) is 0 Å². The van der Waals surface area contributed by atoms with Crippen LogP contribution in [0.25, 0.3) is 0 Å². The van der Waals surface area contributed by atoms with Gasteiger partial charge in [-0.2, -0.15) is 0 Å². The minimum atomic E-state index is -0.804. The molecule has 0 aromatic heterocycles. The second-order valence-electron chi connectivity index (χ2n) is 3.54. The Hall–Kier alpha value is -1.51. The van der Waals surface area contributed by atoms with Gasteiger partial charge in [0.2, 0.25) is 0 Å². The molecule has 0 fully saturated rings. The van der Waals surface area contributed by atoms with E-state index in [1.54, 1.807) is 7.11 Å². The maximum atomic E-state index is 11.1. The molecule has 3 nitrogen and oxygen atoms in total. The maximum absolute atomic E-state index is 11.1. The Morgan fingerprint density at radius 3 is 2.67 bits per heavy atom.